The first-order valence-electron chi connectivity index (χ1n) is 8.53. The highest BCUT2D eigenvalue weighted by Gasteiger charge is 2.31. The second-order valence-electron chi connectivity index (χ2n) is 6.37. The molecule has 8 nitrogen and oxygen atoms in total. The molecule has 0 saturated carbocycles. The third-order valence-electron chi connectivity index (χ3n) is 4.61. The molecule has 3 heterocycles. The van der Waals surface area contributed by atoms with Gasteiger partial charge in [-0.3, -0.25) is 14.9 Å². The predicted molar refractivity (Wildman–Crippen MR) is 90.8 cm³/mol. The molecule has 1 saturated heterocycles. The Balaban J connectivity index is 1.39. The highest BCUT2D eigenvalue weighted by Crippen LogP contribution is 2.26. The minimum atomic E-state index is -0.636. The molecular formula is C18H18N4O4. The number of urea groups is 1. The topological polar surface area (TPSA) is 105 Å². The van der Waals surface area contributed by atoms with Gasteiger partial charge in [-0.2, -0.15) is 0 Å². The van der Waals surface area contributed by atoms with Crippen LogP contribution in [0.25, 0.3) is 11.5 Å². The van der Waals surface area contributed by atoms with Crippen LogP contribution >= 0.6 is 0 Å². The van der Waals surface area contributed by atoms with E-state index >= 15 is 0 Å². The second kappa shape index (κ2) is 6.62. The molecule has 1 atom stereocenters. The van der Waals surface area contributed by atoms with Crippen molar-refractivity contribution < 1.29 is 18.8 Å². The number of rotatable bonds is 4. The van der Waals surface area contributed by atoms with Crippen molar-refractivity contribution in [2.75, 3.05) is 6.54 Å². The quantitative estimate of drug-likeness (QED) is 0.803. The number of hydrogen-bond donors (Lipinski definition) is 2. The molecular weight excluding hydrogens is 336 g/mol. The second-order valence-corrected chi connectivity index (χ2v) is 6.37. The molecule has 4 amide bonds. The van der Waals surface area contributed by atoms with E-state index in [0.29, 0.717) is 25.4 Å². The van der Waals surface area contributed by atoms with Crippen LogP contribution in [0.2, 0.25) is 0 Å². The zero-order chi connectivity index (χ0) is 18.1. The Kier molecular flexibility index (Phi) is 4.16. The van der Waals surface area contributed by atoms with E-state index in [-0.39, 0.29) is 24.7 Å². The summed E-state index contributed by atoms with van der Waals surface area (Å²) in [4.78, 5) is 41.3. The lowest BCUT2D eigenvalue weighted by atomic mass is 10.1. The van der Waals surface area contributed by atoms with Crippen molar-refractivity contribution in [3.05, 3.63) is 41.8 Å². The first-order valence-corrected chi connectivity index (χ1v) is 8.53. The van der Waals surface area contributed by atoms with Crippen LogP contribution in [0.3, 0.4) is 0 Å². The predicted octanol–water partition coefficient (Wildman–Crippen LogP) is 1.21. The highest BCUT2D eigenvalue weighted by atomic mass is 16.4. The van der Waals surface area contributed by atoms with Gasteiger partial charge in [0.15, 0.2) is 0 Å². The summed E-state index contributed by atoms with van der Waals surface area (Å²) in [6.45, 7) is 0.951. The number of hydrogen-bond acceptors (Lipinski definition) is 5. The summed E-state index contributed by atoms with van der Waals surface area (Å²) in [6.07, 6.45) is 1.09. The van der Waals surface area contributed by atoms with Crippen molar-refractivity contribution in [2.45, 2.75) is 31.8 Å². The molecule has 0 aliphatic carbocycles. The molecule has 1 aromatic heterocycles. The molecule has 2 aliphatic heterocycles. The number of fused-ring (bicyclic) bond motifs is 1. The van der Waals surface area contributed by atoms with Crippen LogP contribution in [0.5, 0.6) is 0 Å². The number of benzene rings is 1. The van der Waals surface area contributed by atoms with Gasteiger partial charge in [-0.1, -0.05) is 18.2 Å². The van der Waals surface area contributed by atoms with Crippen LogP contribution < -0.4 is 10.6 Å². The summed E-state index contributed by atoms with van der Waals surface area (Å²) >= 11 is 0. The summed E-state index contributed by atoms with van der Waals surface area (Å²) in [7, 11) is 0. The lowest BCUT2D eigenvalue weighted by Crippen LogP contribution is -2.37. The Morgan fingerprint density at radius 3 is 2.81 bits per heavy atom. The number of imide groups is 1. The van der Waals surface area contributed by atoms with Gasteiger partial charge in [-0.25, -0.2) is 9.78 Å². The minimum absolute atomic E-state index is 0.0612. The smallest absolute Gasteiger partial charge is 0.322 e. The van der Waals surface area contributed by atoms with Crippen LogP contribution in [-0.2, 0) is 22.6 Å². The van der Waals surface area contributed by atoms with Crippen LogP contribution in [-0.4, -0.2) is 40.3 Å². The van der Waals surface area contributed by atoms with Crippen LogP contribution in [0.1, 0.15) is 24.3 Å². The van der Waals surface area contributed by atoms with Crippen molar-refractivity contribution >= 4 is 17.8 Å². The number of nitrogens with zero attached hydrogens (tertiary/aromatic N) is 2. The van der Waals surface area contributed by atoms with Crippen molar-refractivity contribution in [3.8, 4) is 11.5 Å². The van der Waals surface area contributed by atoms with Gasteiger partial charge in [0.2, 0.25) is 11.8 Å². The highest BCUT2D eigenvalue weighted by molar-refractivity contribution is 6.04. The van der Waals surface area contributed by atoms with E-state index in [9.17, 15) is 14.4 Å². The molecule has 4 rings (SSSR count). The molecule has 2 N–H and O–H groups in total. The third kappa shape index (κ3) is 3.17. The Morgan fingerprint density at radius 1 is 1.27 bits per heavy atom. The standard InChI is InChI=1S/C18H18N4O4/c23-15(7-6-12-16(24)21-18(25)20-12)22-9-8-14-13(10-22)19-17(26-14)11-4-2-1-3-5-11/h1-5,12H,6-10H2,(H2,20,21,24,25)/t12-/m0/s1. The minimum Gasteiger partial charge on any atom is -0.441 e. The Morgan fingerprint density at radius 2 is 2.08 bits per heavy atom. The normalized spacial score (nSPS) is 19.1. The maximum absolute atomic E-state index is 12.5. The van der Waals surface area contributed by atoms with E-state index in [1.54, 1.807) is 4.90 Å². The van der Waals surface area contributed by atoms with Crippen molar-refractivity contribution in [2.24, 2.45) is 0 Å². The Bertz CT molecular complexity index is 861. The lowest BCUT2D eigenvalue weighted by molar-refractivity contribution is -0.132. The molecule has 0 bridgehead atoms. The third-order valence-corrected chi connectivity index (χ3v) is 4.61. The fraction of sp³-hybridized carbons (Fsp3) is 0.333. The molecule has 1 aromatic carbocycles. The van der Waals surface area contributed by atoms with E-state index < -0.39 is 12.1 Å². The summed E-state index contributed by atoms with van der Waals surface area (Å²) < 4.78 is 5.84. The zero-order valence-corrected chi connectivity index (χ0v) is 14.0. The molecule has 1 fully saturated rings. The zero-order valence-electron chi connectivity index (χ0n) is 14.0. The molecule has 0 spiro atoms. The molecule has 0 unspecified atom stereocenters. The van der Waals surface area contributed by atoms with E-state index in [1.165, 1.54) is 0 Å². The largest absolute Gasteiger partial charge is 0.441 e. The maximum Gasteiger partial charge on any atom is 0.322 e. The molecule has 0 radical (unpaired) electrons. The fourth-order valence-electron chi connectivity index (χ4n) is 3.20. The number of carbonyl (C=O) groups excluding carboxylic acids is 3. The van der Waals surface area contributed by atoms with Crippen molar-refractivity contribution in [3.63, 3.8) is 0 Å². The van der Waals surface area contributed by atoms with E-state index in [1.807, 2.05) is 30.3 Å². The summed E-state index contributed by atoms with van der Waals surface area (Å²) in [5.41, 5.74) is 1.68. The number of nitrogens with one attached hydrogen (secondary N) is 2. The molecule has 26 heavy (non-hydrogen) atoms. The van der Waals surface area contributed by atoms with Crippen molar-refractivity contribution in [1.82, 2.24) is 20.5 Å². The molecule has 2 aliphatic rings. The molecule has 8 heteroatoms. The fourth-order valence-corrected chi connectivity index (χ4v) is 3.20. The maximum atomic E-state index is 12.5. The lowest BCUT2D eigenvalue weighted by Gasteiger charge is -2.25. The number of carbonyl (C=O) groups is 3. The first kappa shape index (κ1) is 16.3. The first-order chi connectivity index (χ1) is 12.6. The van der Waals surface area contributed by atoms with Gasteiger partial charge >= 0.3 is 6.03 Å². The van der Waals surface area contributed by atoms with Gasteiger partial charge in [0.25, 0.3) is 5.91 Å². The van der Waals surface area contributed by atoms with E-state index in [4.69, 9.17) is 4.42 Å². The molecule has 134 valence electrons. The van der Waals surface area contributed by atoms with Gasteiger partial charge < -0.3 is 14.6 Å². The van der Waals surface area contributed by atoms with Crippen molar-refractivity contribution in [1.29, 1.82) is 0 Å². The molecule has 2 aromatic rings. The van der Waals surface area contributed by atoms with E-state index in [0.717, 1.165) is 17.0 Å². The number of aromatic nitrogens is 1. The monoisotopic (exact) mass is 354 g/mol. The van der Waals surface area contributed by atoms with Crippen LogP contribution in [0.4, 0.5) is 4.79 Å². The summed E-state index contributed by atoms with van der Waals surface area (Å²) in [6, 6.07) is 8.50. The summed E-state index contributed by atoms with van der Waals surface area (Å²) in [5, 5.41) is 4.67. The van der Waals surface area contributed by atoms with Gasteiger partial charge in [0.1, 0.15) is 17.5 Å². The average Bonchev–Trinajstić information content (AvgIpc) is 3.22. The Hall–Kier alpha value is -3.16. The SMILES string of the molecule is O=C1NC(=O)[C@H](CCC(=O)N2CCc3oc(-c4ccccc4)nc3C2)N1. The van der Waals surface area contributed by atoms with Gasteiger partial charge in [0.05, 0.1) is 6.54 Å². The van der Waals surface area contributed by atoms with Crippen LogP contribution in [0, 0.1) is 0 Å². The van der Waals surface area contributed by atoms with Gasteiger partial charge in [-0.05, 0) is 18.6 Å². The Labute approximate surface area is 149 Å². The van der Waals surface area contributed by atoms with Gasteiger partial charge in [0, 0.05) is 24.9 Å². The number of oxazole rings is 1. The average molecular weight is 354 g/mol. The van der Waals surface area contributed by atoms with E-state index in [2.05, 4.69) is 15.6 Å². The van der Waals surface area contributed by atoms with Crippen LogP contribution in [0.15, 0.2) is 34.7 Å². The van der Waals surface area contributed by atoms with Gasteiger partial charge in [-0.15, -0.1) is 0 Å². The summed E-state index contributed by atoms with van der Waals surface area (Å²) in [5.74, 6) is 0.937. The number of amides is 4.